The van der Waals surface area contributed by atoms with Crippen molar-refractivity contribution in [2.75, 3.05) is 20.8 Å². The van der Waals surface area contributed by atoms with Gasteiger partial charge in [0.25, 0.3) is 0 Å². The van der Waals surface area contributed by atoms with E-state index in [9.17, 15) is 18.0 Å². The summed E-state index contributed by atoms with van der Waals surface area (Å²) in [7, 11) is -1.65. The second kappa shape index (κ2) is 7.42. The number of carbonyl (C=O) groups is 2. The summed E-state index contributed by atoms with van der Waals surface area (Å²) in [5.41, 5.74) is 0.123. The van der Waals surface area contributed by atoms with E-state index in [-0.39, 0.29) is 16.2 Å². The van der Waals surface area contributed by atoms with Crippen molar-refractivity contribution in [3.05, 3.63) is 23.8 Å². The lowest BCUT2D eigenvalue weighted by molar-refractivity contribution is -0.137. The quantitative estimate of drug-likeness (QED) is 0.733. The highest BCUT2D eigenvalue weighted by molar-refractivity contribution is 7.89. The Hall–Kier alpha value is -2.13. The molecule has 0 bridgehead atoms. The van der Waals surface area contributed by atoms with Crippen LogP contribution >= 0.6 is 0 Å². The predicted molar refractivity (Wildman–Crippen MR) is 81.0 cm³/mol. The molecule has 0 atom stereocenters. The smallest absolute Gasteiger partial charge is 0.337 e. The van der Waals surface area contributed by atoms with Crippen LogP contribution in [0.15, 0.2) is 23.1 Å². The fourth-order valence-electron chi connectivity index (χ4n) is 1.93. The van der Waals surface area contributed by atoms with Crippen molar-refractivity contribution in [3.63, 3.8) is 0 Å². The van der Waals surface area contributed by atoms with E-state index in [0.717, 1.165) is 4.31 Å². The average molecular weight is 345 g/mol. The van der Waals surface area contributed by atoms with Crippen molar-refractivity contribution in [2.24, 2.45) is 0 Å². The van der Waals surface area contributed by atoms with E-state index in [1.807, 2.05) is 0 Å². The molecule has 1 N–H and O–H groups in total. The second-order valence-electron chi connectivity index (χ2n) is 4.89. The molecule has 0 aliphatic heterocycles. The number of rotatable bonds is 7. The maximum Gasteiger partial charge on any atom is 0.337 e. The molecule has 0 aliphatic rings. The van der Waals surface area contributed by atoms with Crippen LogP contribution in [0.4, 0.5) is 0 Å². The summed E-state index contributed by atoms with van der Waals surface area (Å²) in [5, 5.41) is 8.92. The first-order valence-electron chi connectivity index (χ1n) is 6.65. The molecule has 1 rings (SSSR count). The van der Waals surface area contributed by atoms with Crippen LogP contribution in [0, 0.1) is 0 Å². The second-order valence-corrected chi connectivity index (χ2v) is 6.75. The van der Waals surface area contributed by atoms with Crippen LogP contribution in [0.1, 0.15) is 24.2 Å². The van der Waals surface area contributed by atoms with Gasteiger partial charge in [0.2, 0.25) is 10.0 Å². The third kappa shape index (κ3) is 4.20. The van der Waals surface area contributed by atoms with E-state index < -0.39 is 34.5 Å². The van der Waals surface area contributed by atoms with E-state index in [1.54, 1.807) is 13.8 Å². The van der Waals surface area contributed by atoms with Crippen LogP contribution in [0.25, 0.3) is 0 Å². The number of esters is 1. The van der Waals surface area contributed by atoms with Crippen LogP contribution in [0.5, 0.6) is 5.75 Å². The van der Waals surface area contributed by atoms with Gasteiger partial charge in [-0.1, -0.05) is 0 Å². The highest BCUT2D eigenvalue weighted by Gasteiger charge is 2.32. The first-order valence-corrected chi connectivity index (χ1v) is 8.09. The molecule has 0 radical (unpaired) electrons. The van der Waals surface area contributed by atoms with Gasteiger partial charge in [-0.3, -0.25) is 4.79 Å². The average Bonchev–Trinajstić information content (AvgIpc) is 2.50. The van der Waals surface area contributed by atoms with Crippen molar-refractivity contribution in [1.82, 2.24) is 4.31 Å². The lowest BCUT2D eigenvalue weighted by Crippen LogP contribution is -2.40. The van der Waals surface area contributed by atoms with E-state index >= 15 is 0 Å². The first kappa shape index (κ1) is 18.9. The van der Waals surface area contributed by atoms with E-state index in [4.69, 9.17) is 9.84 Å². The number of hydrogen-bond acceptors (Lipinski definition) is 6. The zero-order valence-corrected chi connectivity index (χ0v) is 14.1. The van der Waals surface area contributed by atoms with Gasteiger partial charge in [-0.05, 0) is 32.0 Å². The Balaban J connectivity index is 3.41. The Bertz CT molecular complexity index is 697. The molecule has 23 heavy (non-hydrogen) atoms. The molecule has 0 spiro atoms. The Morgan fingerprint density at radius 1 is 1.26 bits per heavy atom. The molecule has 0 amide bonds. The van der Waals surface area contributed by atoms with Crippen molar-refractivity contribution < 1.29 is 32.6 Å². The van der Waals surface area contributed by atoms with E-state index in [0.29, 0.717) is 0 Å². The van der Waals surface area contributed by atoms with Crippen molar-refractivity contribution in [3.8, 4) is 5.75 Å². The summed E-state index contributed by atoms with van der Waals surface area (Å²) in [6.07, 6.45) is 0. The molecule has 8 nitrogen and oxygen atoms in total. The largest absolute Gasteiger partial charge is 0.495 e. The monoisotopic (exact) mass is 345 g/mol. The standard InChI is InChI=1S/C14H19NO7S/c1-9(2)15(8-13(16)17)23(19,20)12-6-5-10(14(18)22-4)7-11(12)21-3/h5-7,9H,8H2,1-4H3,(H,16,17). The van der Waals surface area contributed by atoms with Gasteiger partial charge < -0.3 is 14.6 Å². The minimum atomic E-state index is -4.11. The van der Waals surface area contributed by atoms with Gasteiger partial charge in [0.15, 0.2) is 0 Å². The Morgan fingerprint density at radius 2 is 1.87 bits per heavy atom. The van der Waals surface area contributed by atoms with Crippen LogP contribution in [0.3, 0.4) is 0 Å². The number of ether oxygens (including phenoxy) is 2. The summed E-state index contributed by atoms with van der Waals surface area (Å²) in [6, 6.07) is 3.14. The molecule has 0 unspecified atom stereocenters. The summed E-state index contributed by atoms with van der Waals surface area (Å²) < 4.78 is 35.9. The molecule has 9 heteroatoms. The zero-order chi connectivity index (χ0) is 17.8. The third-order valence-electron chi connectivity index (χ3n) is 3.04. The van der Waals surface area contributed by atoms with Crippen molar-refractivity contribution >= 4 is 22.0 Å². The van der Waals surface area contributed by atoms with Gasteiger partial charge in [0, 0.05) is 6.04 Å². The van der Waals surface area contributed by atoms with E-state index in [1.165, 1.54) is 32.4 Å². The van der Waals surface area contributed by atoms with Crippen molar-refractivity contribution in [2.45, 2.75) is 24.8 Å². The number of carboxylic acid groups (broad SMARTS) is 1. The first-order chi connectivity index (χ1) is 10.6. The predicted octanol–water partition coefficient (Wildman–Crippen LogP) is 0.965. The van der Waals surface area contributed by atoms with Gasteiger partial charge in [-0.15, -0.1) is 0 Å². The van der Waals surface area contributed by atoms with Crippen LogP contribution < -0.4 is 4.74 Å². The highest BCUT2D eigenvalue weighted by Crippen LogP contribution is 2.29. The Morgan fingerprint density at radius 3 is 2.30 bits per heavy atom. The molecule has 0 aromatic heterocycles. The van der Waals surface area contributed by atoms with Crippen LogP contribution in [-0.4, -0.2) is 56.6 Å². The van der Waals surface area contributed by atoms with Gasteiger partial charge in [-0.2, -0.15) is 4.31 Å². The summed E-state index contributed by atoms with van der Waals surface area (Å²) in [5.74, 6) is -1.98. The maximum atomic E-state index is 12.7. The zero-order valence-electron chi connectivity index (χ0n) is 13.3. The van der Waals surface area contributed by atoms with Gasteiger partial charge in [-0.25, -0.2) is 13.2 Å². The number of methoxy groups -OCH3 is 2. The number of carbonyl (C=O) groups excluding carboxylic acids is 1. The van der Waals surface area contributed by atoms with Crippen molar-refractivity contribution in [1.29, 1.82) is 0 Å². The van der Waals surface area contributed by atoms with Crippen LogP contribution in [0.2, 0.25) is 0 Å². The molecule has 1 aromatic carbocycles. The number of sulfonamides is 1. The molecular formula is C14H19NO7S. The number of aliphatic carboxylic acids is 1. The number of hydrogen-bond donors (Lipinski definition) is 1. The molecule has 0 fully saturated rings. The fraction of sp³-hybridized carbons (Fsp3) is 0.429. The minimum absolute atomic E-state index is 0.0658. The summed E-state index contributed by atoms with van der Waals surface area (Å²) in [4.78, 5) is 22.2. The molecule has 0 aliphatic carbocycles. The maximum absolute atomic E-state index is 12.7. The molecule has 1 aromatic rings. The number of carboxylic acids is 1. The van der Waals surface area contributed by atoms with Gasteiger partial charge in [0.05, 0.1) is 19.8 Å². The normalized spacial score (nSPS) is 11.6. The van der Waals surface area contributed by atoms with Gasteiger partial charge in [0.1, 0.15) is 17.2 Å². The lowest BCUT2D eigenvalue weighted by atomic mass is 10.2. The third-order valence-corrected chi connectivity index (χ3v) is 5.10. The van der Waals surface area contributed by atoms with Crippen LogP contribution in [-0.2, 0) is 19.6 Å². The minimum Gasteiger partial charge on any atom is -0.495 e. The highest BCUT2D eigenvalue weighted by atomic mass is 32.2. The molecular weight excluding hydrogens is 326 g/mol. The summed E-state index contributed by atoms with van der Waals surface area (Å²) >= 11 is 0. The molecule has 0 heterocycles. The SMILES string of the molecule is COC(=O)c1ccc(S(=O)(=O)N(CC(=O)O)C(C)C)c(OC)c1. The lowest BCUT2D eigenvalue weighted by Gasteiger charge is -2.25. The van der Waals surface area contributed by atoms with Gasteiger partial charge >= 0.3 is 11.9 Å². The number of benzene rings is 1. The fourth-order valence-corrected chi connectivity index (χ4v) is 3.65. The molecule has 128 valence electrons. The molecule has 0 saturated heterocycles. The topological polar surface area (TPSA) is 110 Å². The Kier molecular flexibility index (Phi) is 6.11. The Labute approximate surface area is 134 Å². The molecule has 0 saturated carbocycles. The van der Waals surface area contributed by atoms with E-state index in [2.05, 4.69) is 4.74 Å². The number of nitrogens with zero attached hydrogens (tertiary/aromatic N) is 1. The summed E-state index contributed by atoms with van der Waals surface area (Å²) in [6.45, 7) is 2.45.